The molecule has 0 N–H and O–H groups in total. The van der Waals surface area contributed by atoms with E-state index in [0.29, 0.717) is 0 Å². The molecule has 10 aromatic carbocycles. The number of hydrogen-bond donors (Lipinski definition) is 0. The Morgan fingerprint density at radius 2 is 0.828 bits per heavy atom. The molecule has 0 bridgehead atoms. The van der Waals surface area contributed by atoms with E-state index in [9.17, 15) is 0 Å². The summed E-state index contributed by atoms with van der Waals surface area (Å²) in [5, 5.41) is 2.45. The van der Waals surface area contributed by atoms with Crippen molar-refractivity contribution in [1.29, 1.82) is 0 Å². The number of hydrogen-bond acceptors (Lipinski definition) is 1. The average molecular weight is 820 g/mol. The minimum absolute atomic E-state index is 0.0488. The van der Waals surface area contributed by atoms with E-state index in [1.54, 1.807) is 0 Å². The molecular formula is C63H49N. The predicted octanol–water partition coefficient (Wildman–Crippen LogP) is 17.0. The van der Waals surface area contributed by atoms with Gasteiger partial charge in [-0.25, -0.2) is 0 Å². The van der Waals surface area contributed by atoms with Crippen molar-refractivity contribution in [3.63, 3.8) is 0 Å². The van der Waals surface area contributed by atoms with E-state index >= 15 is 0 Å². The largest absolute Gasteiger partial charge is 0.309 e. The number of benzene rings is 10. The molecule has 10 aromatic rings. The second-order valence-corrected chi connectivity index (χ2v) is 18.0. The van der Waals surface area contributed by atoms with E-state index in [-0.39, 0.29) is 5.41 Å². The smallest absolute Gasteiger partial charge is 0.0714 e. The van der Waals surface area contributed by atoms with Crippen LogP contribution in [0, 0.1) is 0 Å². The summed E-state index contributed by atoms with van der Waals surface area (Å²) in [6.45, 7) is 6.91. The van der Waals surface area contributed by atoms with Crippen LogP contribution in [-0.4, -0.2) is 0 Å². The minimum atomic E-state index is -0.547. The van der Waals surface area contributed by atoms with E-state index in [4.69, 9.17) is 0 Å². The van der Waals surface area contributed by atoms with Crippen molar-refractivity contribution < 1.29 is 0 Å². The van der Waals surface area contributed by atoms with Gasteiger partial charge in [0.2, 0.25) is 0 Å². The Labute approximate surface area is 377 Å². The summed E-state index contributed by atoms with van der Waals surface area (Å²) in [7, 11) is 0. The van der Waals surface area contributed by atoms with Gasteiger partial charge in [-0.05, 0) is 108 Å². The summed E-state index contributed by atoms with van der Waals surface area (Å²) in [6.07, 6.45) is 0. The van der Waals surface area contributed by atoms with Gasteiger partial charge in [-0.3, -0.25) is 0 Å². The molecule has 1 nitrogen and oxygen atoms in total. The lowest BCUT2D eigenvalue weighted by Gasteiger charge is -2.36. The van der Waals surface area contributed by atoms with Crippen molar-refractivity contribution >= 4 is 27.8 Å². The highest BCUT2D eigenvalue weighted by Gasteiger charge is 2.46. The van der Waals surface area contributed by atoms with Gasteiger partial charge in [0.05, 0.1) is 16.8 Å². The highest BCUT2D eigenvalue weighted by atomic mass is 15.1. The third-order valence-corrected chi connectivity index (χ3v) is 13.3. The zero-order chi connectivity index (χ0) is 43.3. The first kappa shape index (κ1) is 39.1. The Morgan fingerprint density at radius 3 is 1.47 bits per heavy atom. The molecule has 1 heteroatoms. The molecule has 0 unspecified atom stereocenters. The van der Waals surface area contributed by atoms with Crippen molar-refractivity contribution in [2.24, 2.45) is 0 Å². The fourth-order valence-electron chi connectivity index (χ4n) is 10.4. The molecule has 0 radical (unpaired) electrons. The molecule has 0 aromatic heterocycles. The molecule has 0 saturated heterocycles. The van der Waals surface area contributed by atoms with Gasteiger partial charge >= 0.3 is 0 Å². The van der Waals surface area contributed by atoms with Gasteiger partial charge in [0, 0.05) is 16.8 Å². The Balaban J connectivity index is 1.23. The first-order valence-corrected chi connectivity index (χ1v) is 22.4. The topological polar surface area (TPSA) is 3.24 Å². The predicted molar refractivity (Wildman–Crippen MR) is 271 cm³/mol. The second-order valence-electron chi connectivity index (χ2n) is 18.0. The lowest BCUT2D eigenvalue weighted by atomic mass is 9.67. The van der Waals surface area contributed by atoms with Crippen LogP contribution in [0.4, 0.5) is 17.1 Å². The zero-order valence-electron chi connectivity index (χ0n) is 36.5. The van der Waals surface area contributed by atoms with Crippen LogP contribution in [0.1, 0.15) is 48.6 Å². The number of anilines is 3. The zero-order valence-corrected chi connectivity index (χ0v) is 36.5. The molecule has 0 atom stereocenters. The van der Waals surface area contributed by atoms with Gasteiger partial charge in [-0.15, -0.1) is 0 Å². The fourth-order valence-corrected chi connectivity index (χ4v) is 10.4. The Morgan fingerprint density at radius 1 is 0.344 bits per heavy atom. The Hall–Kier alpha value is -7.74. The van der Waals surface area contributed by atoms with Crippen molar-refractivity contribution in [2.75, 3.05) is 4.90 Å². The highest BCUT2D eigenvalue weighted by molar-refractivity contribution is 6.09. The Bertz CT molecular complexity index is 3250. The van der Waals surface area contributed by atoms with Crippen LogP contribution in [0.3, 0.4) is 0 Å². The van der Waals surface area contributed by atoms with Crippen LogP contribution in [0.2, 0.25) is 0 Å². The number of fused-ring (bicyclic) bond motifs is 4. The monoisotopic (exact) mass is 819 g/mol. The number of nitrogens with zero attached hydrogens (tertiary/aromatic N) is 1. The summed E-state index contributed by atoms with van der Waals surface area (Å²) in [4.78, 5) is 2.53. The van der Waals surface area contributed by atoms with Gasteiger partial charge < -0.3 is 4.90 Å². The number of rotatable bonds is 8. The molecule has 1 aliphatic rings. The van der Waals surface area contributed by atoms with Crippen LogP contribution >= 0.6 is 0 Å². The van der Waals surface area contributed by atoms with E-state index in [1.165, 1.54) is 77.5 Å². The van der Waals surface area contributed by atoms with Crippen LogP contribution in [0.15, 0.2) is 243 Å². The normalized spacial score (nSPS) is 12.7. The lowest BCUT2D eigenvalue weighted by Crippen LogP contribution is -2.28. The van der Waals surface area contributed by atoms with Gasteiger partial charge in [-0.1, -0.05) is 233 Å². The third kappa shape index (κ3) is 6.47. The molecule has 306 valence electrons. The quantitative estimate of drug-likeness (QED) is 0.148. The minimum Gasteiger partial charge on any atom is -0.309 e. The average Bonchev–Trinajstić information content (AvgIpc) is 3.66. The first-order chi connectivity index (χ1) is 31.4. The van der Waals surface area contributed by atoms with Gasteiger partial charge in [0.1, 0.15) is 0 Å². The summed E-state index contributed by atoms with van der Waals surface area (Å²) < 4.78 is 0. The molecule has 0 spiro atoms. The molecule has 64 heavy (non-hydrogen) atoms. The molecule has 1 aliphatic carbocycles. The number of para-hydroxylation sites is 1. The molecule has 0 saturated carbocycles. The highest BCUT2D eigenvalue weighted by Crippen LogP contribution is 2.57. The molecular weight excluding hydrogens is 771 g/mol. The lowest BCUT2D eigenvalue weighted by molar-refractivity contribution is 0.590. The SMILES string of the molecule is CC(C)(C)c1ccc(N(c2cccc(C3(c4ccccc4)c4ccccc4-c4ccccc43)c2)c2ccccc2-c2cccc3cccc(-c4ccccc4)c23)c(-c2ccccc2)c1. The van der Waals surface area contributed by atoms with Crippen LogP contribution in [0.25, 0.3) is 55.3 Å². The van der Waals surface area contributed by atoms with E-state index < -0.39 is 5.41 Å². The second kappa shape index (κ2) is 15.9. The summed E-state index contributed by atoms with van der Waals surface area (Å²) >= 11 is 0. The summed E-state index contributed by atoms with van der Waals surface area (Å²) in [5.41, 5.74) is 18.8. The first-order valence-electron chi connectivity index (χ1n) is 22.4. The maximum absolute atomic E-state index is 2.53. The summed E-state index contributed by atoms with van der Waals surface area (Å²) in [5.74, 6) is 0. The maximum atomic E-state index is 2.53. The van der Waals surface area contributed by atoms with E-state index in [1.807, 2.05) is 0 Å². The molecule has 0 fully saturated rings. The van der Waals surface area contributed by atoms with Crippen LogP contribution < -0.4 is 4.90 Å². The van der Waals surface area contributed by atoms with Gasteiger partial charge in [0.15, 0.2) is 0 Å². The van der Waals surface area contributed by atoms with Crippen molar-refractivity contribution in [3.8, 4) is 44.5 Å². The summed E-state index contributed by atoms with van der Waals surface area (Å²) in [6, 6.07) is 89.8. The molecule has 0 heterocycles. The van der Waals surface area contributed by atoms with E-state index in [0.717, 1.165) is 22.6 Å². The van der Waals surface area contributed by atoms with E-state index in [2.05, 4.69) is 268 Å². The molecule has 0 amide bonds. The van der Waals surface area contributed by atoms with Crippen molar-refractivity contribution in [1.82, 2.24) is 0 Å². The maximum Gasteiger partial charge on any atom is 0.0714 e. The van der Waals surface area contributed by atoms with Gasteiger partial charge in [-0.2, -0.15) is 0 Å². The molecule has 11 rings (SSSR count). The Kier molecular flexibility index (Phi) is 9.70. The van der Waals surface area contributed by atoms with Crippen LogP contribution in [-0.2, 0) is 10.8 Å². The molecule has 0 aliphatic heterocycles. The van der Waals surface area contributed by atoms with Crippen LogP contribution in [0.5, 0.6) is 0 Å². The third-order valence-electron chi connectivity index (χ3n) is 13.3. The van der Waals surface area contributed by atoms with Crippen molar-refractivity contribution in [2.45, 2.75) is 31.6 Å². The van der Waals surface area contributed by atoms with Crippen molar-refractivity contribution in [3.05, 3.63) is 270 Å². The fraction of sp³-hybridized carbons (Fsp3) is 0.0794. The standard InChI is InChI=1S/C63H49N/c1-62(2,3)48-40-41-60(56(43-48)45-24-9-5-10-25-45)64(59-39-18-15-34-54(59)55-36-20-27-46-26-19-35-51(61(46)55)44-22-7-4-8-23-44)50-31-21-30-49(42-50)63(47-28-11-6-12-29-47)57-37-16-13-32-52(57)53-33-14-17-38-58(53)63/h4-43H,1-3H3. The van der Waals surface area contributed by atoms with Gasteiger partial charge in [0.25, 0.3) is 0 Å².